The maximum Gasteiger partial charge on any atom is 0.229 e. The minimum Gasteiger partial charge on any atom is -0.504 e. The summed E-state index contributed by atoms with van der Waals surface area (Å²) in [5.74, 6) is -1.19. The maximum atomic E-state index is 10.9. The zero-order valence-electron chi connectivity index (χ0n) is 21.2. The van der Waals surface area contributed by atoms with Crippen LogP contribution in [-0.4, -0.2) is 100 Å². The first-order valence-corrected chi connectivity index (χ1v) is 12.4. The minimum atomic E-state index is -1.67. The predicted octanol–water partition coefficient (Wildman–Crippen LogP) is 0.0745. The Bertz CT molecular complexity index is 1190. The van der Waals surface area contributed by atoms with Crippen molar-refractivity contribution in [3.63, 3.8) is 0 Å². The highest BCUT2D eigenvalue weighted by molar-refractivity contribution is 5.54. The number of aliphatic hydroxyl groups is 4. The molecule has 39 heavy (non-hydrogen) atoms. The van der Waals surface area contributed by atoms with Crippen LogP contribution in [-0.2, 0) is 14.2 Å². The average molecular weight is 553 g/mol. The molecule has 3 fully saturated rings. The molecule has 0 spiro atoms. The van der Waals surface area contributed by atoms with Gasteiger partial charge in [0.25, 0.3) is 0 Å². The van der Waals surface area contributed by atoms with Gasteiger partial charge < -0.3 is 64.2 Å². The largest absolute Gasteiger partial charge is 0.504 e. The molecule has 0 radical (unpaired) electrons. The van der Waals surface area contributed by atoms with Crippen molar-refractivity contribution in [2.75, 3.05) is 34.0 Å². The third-order valence-corrected chi connectivity index (χ3v) is 7.58. The highest BCUT2D eigenvalue weighted by Gasteiger charge is 2.49. The Balaban J connectivity index is 1.37. The monoisotopic (exact) mass is 552 g/mol. The number of hydrogen-bond donors (Lipinski definition) is 7. The van der Waals surface area contributed by atoms with Gasteiger partial charge in [-0.1, -0.05) is 0 Å². The molecule has 0 bridgehead atoms. The number of phenols is 3. The lowest BCUT2D eigenvalue weighted by Gasteiger charge is -2.39. The van der Waals surface area contributed by atoms with Crippen LogP contribution in [0.1, 0.15) is 23.3 Å². The molecule has 0 saturated carbocycles. The molecule has 0 aromatic heterocycles. The summed E-state index contributed by atoms with van der Waals surface area (Å²) in [5, 5.41) is 70.7. The van der Waals surface area contributed by atoms with Gasteiger partial charge in [0.05, 0.1) is 46.2 Å². The van der Waals surface area contributed by atoms with Crippen LogP contribution in [0.15, 0.2) is 24.3 Å². The maximum absolute atomic E-state index is 10.9. The molecule has 5 rings (SSSR count). The van der Waals surface area contributed by atoms with E-state index >= 15 is 0 Å². The predicted molar refractivity (Wildman–Crippen MR) is 130 cm³/mol. The molecule has 214 valence electrons. The van der Waals surface area contributed by atoms with Gasteiger partial charge in [0.2, 0.25) is 17.8 Å². The van der Waals surface area contributed by atoms with Gasteiger partial charge in [-0.3, -0.25) is 0 Å². The molecule has 13 nitrogen and oxygen atoms in total. The molecular weight excluding hydrogens is 520 g/mol. The second-order valence-corrected chi connectivity index (χ2v) is 9.81. The van der Waals surface area contributed by atoms with Gasteiger partial charge in [-0.15, -0.1) is 0 Å². The van der Waals surface area contributed by atoms with Crippen LogP contribution in [0, 0.1) is 11.8 Å². The van der Waals surface area contributed by atoms with Crippen LogP contribution < -0.4 is 14.2 Å². The second kappa shape index (κ2) is 10.8. The number of hydrogen-bond acceptors (Lipinski definition) is 13. The van der Waals surface area contributed by atoms with Crippen LogP contribution in [0.3, 0.4) is 0 Å². The smallest absolute Gasteiger partial charge is 0.229 e. The summed E-state index contributed by atoms with van der Waals surface area (Å²) in [6.07, 6.45) is -8.48. The lowest BCUT2D eigenvalue weighted by Crippen LogP contribution is -2.60. The fourth-order valence-corrected chi connectivity index (χ4v) is 5.49. The molecular formula is C26H32O13. The third-order valence-electron chi connectivity index (χ3n) is 7.58. The van der Waals surface area contributed by atoms with Crippen molar-refractivity contribution in [1.29, 1.82) is 0 Å². The van der Waals surface area contributed by atoms with Crippen molar-refractivity contribution >= 4 is 0 Å². The fraction of sp³-hybridized carbons (Fsp3) is 0.538. The molecule has 13 heteroatoms. The molecule has 3 aliphatic rings. The number of fused-ring (bicyclic) bond motifs is 1. The van der Waals surface area contributed by atoms with Crippen molar-refractivity contribution in [2.45, 2.75) is 42.9 Å². The topological polar surface area (TPSA) is 197 Å². The molecule has 2 aromatic carbocycles. The normalized spacial score (nSPS) is 34.1. The lowest BCUT2D eigenvalue weighted by atomic mass is 9.84. The van der Waals surface area contributed by atoms with Crippen LogP contribution in [0.5, 0.6) is 34.5 Å². The number of aromatic hydroxyl groups is 3. The molecule has 0 amide bonds. The highest BCUT2D eigenvalue weighted by Crippen LogP contribution is 2.53. The summed E-state index contributed by atoms with van der Waals surface area (Å²) in [6, 6.07) is 6.07. The number of aliphatic hydroxyl groups excluding tert-OH is 4. The standard InChI is InChI=1S/C26H32O13/c1-34-16-5-10(3-14(28)19(16)30)23-12-8-37-24(13(12)9-36-23)11-4-15(29)25(17(6-11)35-2)39-26-22(33)21(32)20(31)18(7-27)38-26/h3-6,12-13,18,20-24,26-33H,7-9H2,1-2H3/t12-,13-,18+,20+,21-,22+,23+,24-,26-/m0/s1. The third kappa shape index (κ3) is 4.80. The molecule has 0 unspecified atom stereocenters. The van der Waals surface area contributed by atoms with E-state index in [1.807, 2.05) is 0 Å². The van der Waals surface area contributed by atoms with Crippen molar-refractivity contribution in [3.05, 3.63) is 35.4 Å². The molecule has 9 atom stereocenters. The SMILES string of the molecule is COc1cc([C@H]2OC[C@H]3[C@@H]2CO[C@H]3c2cc(O)c(O[C@@H]3O[C@H](CO)[C@@H](O)[C@H](O)[C@H]3O)c(OC)c2)cc(O)c1O. The van der Waals surface area contributed by atoms with Crippen LogP contribution >= 0.6 is 0 Å². The van der Waals surface area contributed by atoms with E-state index < -0.39 is 49.5 Å². The molecule has 7 N–H and O–H groups in total. The van der Waals surface area contributed by atoms with Gasteiger partial charge in [0.15, 0.2) is 23.0 Å². The molecule has 3 heterocycles. The first-order chi connectivity index (χ1) is 18.7. The summed E-state index contributed by atoms with van der Waals surface area (Å²) in [6.45, 7) is 0.0281. The van der Waals surface area contributed by atoms with E-state index in [9.17, 15) is 35.7 Å². The first-order valence-electron chi connectivity index (χ1n) is 12.4. The fourth-order valence-electron chi connectivity index (χ4n) is 5.49. The van der Waals surface area contributed by atoms with Crippen molar-refractivity contribution in [1.82, 2.24) is 0 Å². The van der Waals surface area contributed by atoms with Crippen LogP contribution in [0.25, 0.3) is 0 Å². The minimum absolute atomic E-state index is 0.0951. The quantitative estimate of drug-likeness (QED) is 0.228. The zero-order chi connectivity index (χ0) is 28.0. The van der Waals surface area contributed by atoms with Crippen molar-refractivity contribution in [3.8, 4) is 34.5 Å². The Morgan fingerprint density at radius 1 is 0.769 bits per heavy atom. The van der Waals surface area contributed by atoms with E-state index in [0.717, 1.165) is 0 Å². The van der Waals surface area contributed by atoms with Crippen LogP contribution in [0.2, 0.25) is 0 Å². The van der Waals surface area contributed by atoms with E-state index in [0.29, 0.717) is 24.3 Å². The summed E-state index contributed by atoms with van der Waals surface area (Å²) in [4.78, 5) is 0. The Kier molecular flexibility index (Phi) is 7.66. The number of ether oxygens (including phenoxy) is 6. The molecule has 3 aliphatic heterocycles. The Morgan fingerprint density at radius 3 is 1.90 bits per heavy atom. The summed E-state index contributed by atoms with van der Waals surface area (Å²) in [5.41, 5.74) is 1.20. The van der Waals surface area contributed by atoms with Crippen LogP contribution in [0.4, 0.5) is 0 Å². The highest BCUT2D eigenvalue weighted by atomic mass is 16.7. The number of phenolic OH excluding ortho intramolecular Hbond substituents is 3. The van der Waals surface area contributed by atoms with Crippen molar-refractivity contribution < 1.29 is 64.2 Å². The van der Waals surface area contributed by atoms with Gasteiger partial charge in [0.1, 0.15) is 24.4 Å². The molecule has 0 aliphatic carbocycles. The number of methoxy groups -OCH3 is 2. The van der Waals surface area contributed by atoms with E-state index in [-0.39, 0.29) is 46.3 Å². The number of rotatable bonds is 7. The second-order valence-electron chi connectivity index (χ2n) is 9.81. The van der Waals surface area contributed by atoms with E-state index in [4.69, 9.17) is 28.4 Å². The van der Waals surface area contributed by atoms with Gasteiger partial charge in [-0.2, -0.15) is 0 Å². The van der Waals surface area contributed by atoms with Gasteiger partial charge >= 0.3 is 0 Å². The van der Waals surface area contributed by atoms with E-state index in [1.54, 1.807) is 12.1 Å². The first kappa shape index (κ1) is 27.5. The van der Waals surface area contributed by atoms with E-state index in [1.165, 1.54) is 26.4 Å². The summed E-state index contributed by atoms with van der Waals surface area (Å²) >= 11 is 0. The van der Waals surface area contributed by atoms with Crippen molar-refractivity contribution in [2.24, 2.45) is 11.8 Å². The Labute approximate surface area is 223 Å². The lowest BCUT2D eigenvalue weighted by molar-refractivity contribution is -0.277. The Morgan fingerprint density at radius 2 is 1.33 bits per heavy atom. The Hall–Kier alpha value is -3.04. The van der Waals surface area contributed by atoms with E-state index in [2.05, 4.69) is 0 Å². The molecule has 2 aromatic rings. The molecule has 3 saturated heterocycles. The van der Waals surface area contributed by atoms with Gasteiger partial charge in [-0.25, -0.2) is 0 Å². The summed E-state index contributed by atoms with van der Waals surface area (Å²) in [7, 11) is 2.74. The number of benzene rings is 2. The van der Waals surface area contributed by atoms with Gasteiger partial charge in [-0.05, 0) is 35.4 Å². The van der Waals surface area contributed by atoms with Gasteiger partial charge in [0, 0.05) is 11.8 Å². The summed E-state index contributed by atoms with van der Waals surface area (Å²) < 4.78 is 33.7. The zero-order valence-corrected chi connectivity index (χ0v) is 21.2. The average Bonchev–Trinajstić information content (AvgIpc) is 3.53.